The van der Waals surface area contributed by atoms with Crippen molar-refractivity contribution in [3.63, 3.8) is 0 Å². The molecule has 2 saturated heterocycles. The van der Waals surface area contributed by atoms with Crippen molar-refractivity contribution in [2.45, 2.75) is 18.6 Å². The van der Waals surface area contributed by atoms with Crippen LogP contribution in [0.2, 0.25) is 0 Å². The molecule has 2 aliphatic rings. The first-order valence-electron chi connectivity index (χ1n) is 8.71. The molecule has 8 heteroatoms. The fourth-order valence-electron chi connectivity index (χ4n) is 3.65. The quantitative estimate of drug-likeness (QED) is 0.761. The van der Waals surface area contributed by atoms with Crippen molar-refractivity contribution in [1.29, 1.82) is 0 Å². The average molecular weight is 353 g/mol. The summed E-state index contributed by atoms with van der Waals surface area (Å²) >= 11 is 0. The number of aliphatic hydroxyl groups excluding tert-OH is 1. The van der Waals surface area contributed by atoms with E-state index >= 15 is 0 Å². The van der Waals surface area contributed by atoms with E-state index in [2.05, 4.69) is 14.9 Å². The number of hydrogen-bond donors (Lipinski definition) is 1. The van der Waals surface area contributed by atoms with Gasteiger partial charge in [0.1, 0.15) is 12.0 Å². The van der Waals surface area contributed by atoms with Gasteiger partial charge in [0.2, 0.25) is 5.95 Å². The minimum absolute atomic E-state index is 0.0571. The third kappa shape index (κ3) is 4.02. The SMILES string of the molecule is CN(C[C@@H]1C[C@H](F)CN1c1ccnc(N(C)C)n1)CC1(CO)COC1. The second-order valence-electron chi connectivity index (χ2n) is 7.60. The van der Waals surface area contributed by atoms with E-state index < -0.39 is 6.17 Å². The van der Waals surface area contributed by atoms with Crippen LogP contribution in [0.25, 0.3) is 0 Å². The van der Waals surface area contributed by atoms with Gasteiger partial charge in [-0.1, -0.05) is 0 Å². The molecule has 1 aromatic rings. The van der Waals surface area contributed by atoms with E-state index in [1.165, 1.54) is 0 Å². The summed E-state index contributed by atoms with van der Waals surface area (Å²) in [5, 5.41) is 9.60. The van der Waals surface area contributed by atoms with E-state index in [4.69, 9.17) is 4.74 Å². The number of ether oxygens (including phenoxy) is 1. The molecule has 3 rings (SSSR count). The number of alkyl halides is 1. The Balaban J connectivity index is 1.68. The lowest BCUT2D eigenvalue weighted by atomic mass is 9.86. The van der Waals surface area contributed by atoms with Crippen LogP contribution in [-0.2, 0) is 4.74 Å². The first-order valence-corrected chi connectivity index (χ1v) is 8.71. The first kappa shape index (κ1) is 18.3. The molecule has 2 aliphatic heterocycles. The van der Waals surface area contributed by atoms with E-state index in [1.807, 2.05) is 37.0 Å². The molecule has 7 nitrogen and oxygen atoms in total. The van der Waals surface area contributed by atoms with Gasteiger partial charge in [-0.25, -0.2) is 9.37 Å². The summed E-state index contributed by atoms with van der Waals surface area (Å²) in [5.74, 6) is 1.39. The van der Waals surface area contributed by atoms with E-state index in [9.17, 15) is 9.50 Å². The highest BCUT2D eigenvalue weighted by Gasteiger charge is 2.40. The molecule has 25 heavy (non-hydrogen) atoms. The smallest absolute Gasteiger partial charge is 0.226 e. The molecule has 2 fully saturated rings. The van der Waals surface area contributed by atoms with Gasteiger partial charge in [-0.15, -0.1) is 0 Å². The molecular weight excluding hydrogens is 325 g/mol. The number of anilines is 2. The maximum atomic E-state index is 14.1. The summed E-state index contributed by atoms with van der Waals surface area (Å²) in [4.78, 5) is 14.8. The van der Waals surface area contributed by atoms with Crippen molar-refractivity contribution < 1.29 is 14.2 Å². The highest BCUT2D eigenvalue weighted by Crippen LogP contribution is 2.30. The minimum Gasteiger partial charge on any atom is -0.396 e. The fraction of sp³-hybridized carbons (Fsp3) is 0.765. The molecule has 0 radical (unpaired) electrons. The van der Waals surface area contributed by atoms with Gasteiger partial charge in [0.15, 0.2) is 0 Å². The van der Waals surface area contributed by atoms with Crippen LogP contribution in [0, 0.1) is 5.41 Å². The van der Waals surface area contributed by atoms with Gasteiger partial charge in [-0.05, 0) is 13.1 Å². The van der Waals surface area contributed by atoms with Crippen LogP contribution in [0.15, 0.2) is 12.3 Å². The van der Waals surface area contributed by atoms with Crippen molar-refractivity contribution in [2.75, 3.05) is 70.4 Å². The second-order valence-corrected chi connectivity index (χ2v) is 7.60. The molecule has 0 spiro atoms. The summed E-state index contributed by atoms with van der Waals surface area (Å²) in [6, 6.07) is 1.90. The Labute approximate surface area is 148 Å². The lowest BCUT2D eigenvalue weighted by Gasteiger charge is -2.43. The van der Waals surface area contributed by atoms with Crippen molar-refractivity contribution in [1.82, 2.24) is 14.9 Å². The van der Waals surface area contributed by atoms with Crippen LogP contribution in [0.1, 0.15) is 6.42 Å². The minimum atomic E-state index is -0.852. The zero-order valence-electron chi connectivity index (χ0n) is 15.2. The number of hydrogen-bond acceptors (Lipinski definition) is 7. The van der Waals surface area contributed by atoms with Crippen molar-refractivity contribution in [3.05, 3.63) is 12.3 Å². The first-order chi connectivity index (χ1) is 11.9. The van der Waals surface area contributed by atoms with Crippen molar-refractivity contribution in [2.24, 2.45) is 5.41 Å². The third-order valence-corrected chi connectivity index (χ3v) is 4.97. The van der Waals surface area contributed by atoms with Gasteiger partial charge in [-0.2, -0.15) is 4.98 Å². The molecule has 140 valence electrons. The summed E-state index contributed by atoms with van der Waals surface area (Å²) < 4.78 is 19.4. The Hall–Kier alpha value is -1.51. The molecule has 2 atom stereocenters. The van der Waals surface area contributed by atoms with E-state index in [1.54, 1.807) is 6.20 Å². The predicted octanol–water partition coefficient (Wildman–Crippen LogP) is 0.400. The highest BCUT2D eigenvalue weighted by atomic mass is 19.1. The maximum Gasteiger partial charge on any atom is 0.226 e. The Kier molecular flexibility index (Phi) is 5.41. The summed E-state index contributed by atoms with van der Waals surface area (Å²) in [5.41, 5.74) is -0.166. The zero-order valence-corrected chi connectivity index (χ0v) is 15.2. The molecule has 0 bridgehead atoms. The number of aromatic nitrogens is 2. The normalized spacial score (nSPS) is 25.3. The molecular formula is C17H28FN5O2. The van der Waals surface area contributed by atoms with E-state index in [0.29, 0.717) is 32.1 Å². The van der Waals surface area contributed by atoms with Gasteiger partial charge in [-0.3, -0.25) is 0 Å². The van der Waals surface area contributed by atoms with Gasteiger partial charge in [0, 0.05) is 45.8 Å². The van der Waals surface area contributed by atoms with Gasteiger partial charge in [0.25, 0.3) is 0 Å². The standard InChI is InChI=1S/C17H28FN5O2/c1-21(2)16-19-5-4-15(20-16)23-7-13(18)6-14(23)8-22(3)9-17(10-24)11-25-12-17/h4-5,13-14,24H,6-12H2,1-3H3/t13-,14-/m0/s1. The molecule has 0 unspecified atom stereocenters. The van der Waals surface area contributed by atoms with Crippen LogP contribution in [0.3, 0.4) is 0 Å². The molecule has 0 amide bonds. The third-order valence-electron chi connectivity index (χ3n) is 4.97. The number of nitrogens with zero attached hydrogens (tertiary/aromatic N) is 5. The zero-order chi connectivity index (χ0) is 18.0. The second kappa shape index (κ2) is 7.39. The van der Waals surface area contributed by atoms with Gasteiger partial charge in [0.05, 0.1) is 31.8 Å². The highest BCUT2D eigenvalue weighted by molar-refractivity contribution is 5.45. The molecule has 0 aliphatic carbocycles. The average Bonchev–Trinajstić information content (AvgIpc) is 2.91. The van der Waals surface area contributed by atoms with Crippen LogP contribution >= 0.6 is 0 Å². The Morgan fingerprint density at radius 2 is 2.16 bits per heavy atom. The molecule has 0 saturated carbocycles. The molecule has 1 aromatic heterocycles. The molecule has 1 N–H and O–H groups in total. The summed E-state index contributed by atoms with van der Waals surface area (Å²) in [6.07, 6.45) is 1.36. The number of aliphatic hydroxyl groups is 1. The molecule has 0 aromatic carbocycles. The number of rotatable bonds is 7. The largest absolute Gasteiger partial charge is 0.396 e. The number of halogens is 1. The Bertz CT molecular complexity index is 578. The van der Waals surface area contributed by atoms with Gasteiger partial charge >= 0.3 is 0 Å². The summed E-state index contributed by atoms with van der Waals surface area (Å²) in [6.45, 7) is 3.13. The maximum absolute atomic E-state index is 14.1. The Morgan fingerprint density at radius 3 is 2.76 bits per heavy atom. The van der Waals surface area contributed by atoms with E-state index in [-0.39, 0.29) is 18.1 Å². The predicted molar refractivity (Wildman–Crippen MR) is 94.8 cm³/mol. The van der Waals surface area contributed by atoms with Gasteiger partial charge < -0.3 is 24.5 Å². The lowest BCUT2D eigenvalue weighted by Crippen LogP contribution is -2.54. The summed E-state index contributed by atoms with van der Waals surface area (Å²) in [7, 11) is 5.80. The van der Waals surface area contributed by atoms with Crippen LogP contribution in [-0.4, -0.2) is 92.8 Å². The van der Waals surface area contributed by atoms with Crippen LogP contribution in [0.5, 0.6) is 0 Å². The van der Waals surface area contributed by atoms with Crippen molar-refractivity contribution in [3.8, 4) is 0 Å². The van der Waals surface area contributed by atoms with E-state index in [0.717, 1.165) is 18.9 Å². The number of likely N-dealkylation sites (N-methyl/N-ethyl adjacent to an activating group) is 1. The van der Waals surface area contributed by atoms with Crippen LogP contribution < -0.4 is 9.80 Å². The topological polar surface area (TPSA) is 65.0 Å². The monoisotopic (exact) mass is 353 g/mol. The lowest BCUT2D eigenvalue weighted by molar-refractivity contribution is -0.146. The van der Waals surface area contributed by atoms with Crippen molar-refractivity contribution >= 4 is 11.8 Å². The van der Waals surface area contributed by atoms with Crippen LogP contribution in [0.4, 0.5) is 16.2 Å². The Morgan fingerprint density at radius 1 is 1.40 bits per heavy atom. The molecule has 3 heterocycles. The fourth-order valence-corrected chi connectivity index (χ4v) is 3.65.